The second kappa shape index (κ2) is 8.13. The molecule has 1 heterocycles. The first-order valence-electron chi connectivity index (χ1n) is 8.80. The van der Waals surface area contributed by atoms with E-state index in [9.17, 15) is 4.79 Å². The van der Waals surface area contributed by atoms with Crippen LogP contribution in [0.1, 0.15) is 15.9 Å². The fourth-order valence-corrected chi connectivity index (χ4v) is 2.80. The van der Waals surface area contributed by atoms with Crippen molar-refractivity contribution in [3.05, 3.63) is 102 Å². The van der Waals surface area contributed by atoms with E-state index >= 15 is 0 Å². The number of nitrogens with zero attached hydrogens (tertiary/aromatic N) is 5. The number of rotatable bonds is 6. The summed E-state index contributed by atoms with van der Waals surface area (Å²) in [5, 5.41) is 12.9. The van der Waals surface area contributed by atoms with E-state index in [-0.39, 0.29) is 5.91 Å². The molecule has 0 radical (unpaired) electrons. The monoisotopic (exact) mass is 370 g/mol. The Bertz CT molecular complexity index is 1020. The number of hydrazine groups is 1. The molecule has 1 amide bonds. The normalized spacial score (nSPS) is 10.4. The van der Waals surface area contributed by atoms with Gasteiger partial charge in [0, 0.05) is 5.56 Å². The van der Waals surface area contributed by atoms with Crippen LogP contribution in [0.3, 0.4) is 0 Å². The molecule has 0 spiro atoms. The maximum absolute atomic E-state index is 12.8. The number of hydrogen-bond donors (Lipinski definition) is 1. The lowest BCUT2D eigenvalue weighted by Gasteiger charge is -2.25. The fraction of sp³-hybridized carbons (Fsp3) is 0.0476. The van der Waals surface area contributed by atoms with Gasteiger partial charge in [0.2, 0.25) is 0 Å². The van der Waals surface area contributed by atoms with Gasteiger partial charge >= 0.3 is 0 Å². The maximum atomic E-state index is 12.8. The van der Waals surface area contributed by atoms with Crippen LogP contribution >= 0.6 is 0 Å². The SMILES string of the molecule is O=C(NN(Cc1ccccc1)c1ccccc1)c1ccc(-n2cnnn2)cc1. The van der Waals surface area contributed by atoms with Gasteiger partial charge < -0.3 is 0 Å². The minimum Gasteiger partial charge on any atom is -0.281 e. The van der Waals surface area contributed by atoms with Crippen molar-refractivity contribution in [1.82, 2.24) is 25.6 Å². The van der Waals surface area contributed by atoms with Gasteiger partial charge in [-0.15, -0.1) is 5.10 Å². The summed E-state index contributed by atoms with van der Waals surface area (Å²) in [5.41, 5.74) is 6.34. The van der Waals surface area contributed by atoms with Crippen LogP contribution in [0.2, 0.25) is 0 Å². The van der Waals surface area contributed by atoms with Crippen LogP contribution in [0.15, 0.2) is 91.3 Å². The van der Waals surface area contributed by atoms with E-state index in [1.807, 2.05) is 65.7 Å². The number of benzene rings is 3. The lowest BCUT2D eigenvalue weighted by atomic mass is 10.2. The highest BCUT2D eigenvalue weighted by Gasteiger charge is 2.13. The molecule has 0 bridgehead atoms. The van der Waals surface area contributed by atoms with Gasteiger partial charge in [0.05, 0.1) is 17.9 Å². The van der Waals surface area contributed by atoms with Gasteiger partial charge in [-0.05, 0) is 52.4 Å². The topological polar surface area (TPSA) is 75.9 Å². The Kier molecular flexibility index (Phi) is 5.06. The summed E-state index contributed by atoms with van der Waals surface area (Å²) in [6.07, 6.45) is 1.51. The number of carbonyl (C=O) groups is 1. The largest absolute Gasteiger partial charge is 0.281 e. The van der Waals surface area contributed by atoms with Crippen LogP contribution in [0, 0.1) is 0 Å². The first-order valence-corrected chi connectivity index (χ1v) is 8.80. The van der Waals surface area contributed by atoms with Crippen molar-refractivity contribution in [2.24, 2.45) is 0 Å². The zero-order valence-electron chi connectivity index (χ0n) is 15.0. The van der Waals surface area contributed by atoms with Gasteiger partial charge in [0.25, 0.3) is 5.91 Å². The lowest BCUT2D eigenvalue weighted by Crippen LogP contribution is -2.42. The zero-order valence-corrected chi connectivity index (χ0v) is 15.0. The standard InChI is InChI=1S/C21H18N6O/c28-21(18-11-13-20(14-12-18)27-16-22-24-25-27)23-26(19-9-5-2-6-10-19)15-17-7-3-1-4-8-17/h1-14,16H,15H2,(H,23,28). The van der Waals surface area contributed by atoms with E-state index < -0.39 is 0 Å². The Labute approximate surface area is 162 Å². The number of aromatic nitrogens is 4. The Morgan fingerprint density at radius 3 is 2.21 bits per heavy atom. The van der Waals surface area contributed by atoms with E-state index in [0.29, 0.717) is 12.1 Å². The highest BCUT2D eigenvalue weighted by molar-refractivity contribution is 5.95. The smallest absolute Gasteiger partial charge is 0.269 e. The molecule has 28 heavy (non-hydrogen) atoms. The fourth-order valence-electron chi connectivity index (χ4n) is 2.80. The van der Waals surface area contributed by atoms with Crippen LogP contribution in [0.5, 0.6) is 0 Å². The molecule has 0 aliphatic carbocycles. The molecule has 138 valence electrons. The van der Waals surface area contributed by atoms with Crippen molar-refractivity contribution >= 4 is 11.6 Å². The third kappa shape index (κ3) is 4.04. The lowest BCUT2D eigenvalue weighted by molar-refractivity contribution is 0.0948. The van der Waals surface area contributed by atoms with Crippen molar-refractivity contribution in [1.29, 1.82) is 0 Å². The van der Waals surface area contributed by atoms with Gasteiger partial charge in [-0.1, -0.05) is 48.5 Å². The number of nitrogens with one attached hydrogen (secondary N) is 1. The van der Waals surface area contributed by atoms with Crippen molar-refractivity contribution < 1.29 is 4.79 Å². The summed E-state index contributed by atoms with van der Waals surface area (Å²) in [7, 11) is 0. The van der Waals surface area contributed by atoms with Crippen molar-refractivity contribution in [3.63, 3.8) is 0 Å². The predicted molar refractivity (Wildman–Crippen MR) is 106 cm³/mol. The molecule has 0 fully saturated rings. The molecule has 1 aromatic heterocycles. The molecule has 4 aromatic rings. The number of amides is 1. The molecule has 1 N–H and O–H groups in total. The molecule has 0 aliphatic heterocycles. The number of hydrogen-bond acceptors (Lipinski definition) is 5. The Hall–Kier alpha value is -4.00. The highest BCUT2D eigenvalue weighted by atomic mass is 16.2. The van der Waals surface area contributed by atoms with Gasteiger partial charge in [-0.2, -0.15) is 0 Å². The molecular weight excluding hydrogens is 352 g/mol. The van der Waals surface area contributed by atoms with Crippen molar-refractivity contribution in [2.45, 2.75) is 6.54 Å². The Morgan fingerprint density at radius 1 is 0.893 bits per heavy atom. The van der Waals surface area contributed by atoms with E-state index in [1.54, 1.807) is 24.3 Å². The molecule has 0 atom stereocenters. The van der Waals surface area contributed by atoms with Gasteiger partial charge in [0.15, 0.2) is 0 Å². The predicted octanol–water partition coefficient (Wildman–Crippen LogP) is 3.01. The molecule has 0 saturated heterocycles. The molecule has 7 nitrogen and oxygen atoms in total. The van der Waals surface area contributed by atoms with Crippen molar-refractivity contribution in [3.8, 4) is 5.69 Å². The average Bonchev–Trinajstić information content (AvgIpc) is 3.30. The average molecular weight is 370 g/mol. The maximum Gasteiger partial charge on any atom is 0.269 e. The third-order valence-electron chi connectivity index (χ3n) is 4.23. The molecule has 0 aliphatic rings. The molecule has 0 unspecified atom stereocenters. The minimum absolute atomic E-state index is 0.192. The van der Waals surface area contributed by atoms with E-state index in [2.05, 4.69) is 21.0 Å². The number of carbonyl (C=O) groups excluding carboxylic acids is 1. The van der Waals surface area contributed by atoms with Crippen LogP contribution in [-0.4, -0.2) is 26.1 Å². The summed E-state index contributed by atoms with van der Waals surface area (Å²) in [5.74, 6) is -0.192. The van der Waals surface area contributed by atoms with Crippen LogP contribution in [0.4, 0.5) is 5.69 Å². The highest BCUT2D eigenvalue weighted by Crippen LogP contribution is 2.16. The van der Waals surface area contributed by atoms with Crippen LogP contribution in [0.25, 0.3) is 5.69 Å². The zero-order chi connectivity index (χ0) is 19.2. The van der Waals surface area contributed by atoms with Crippen LogP contribution in [-0.2, 0) is 6.54 Å². The number of anilines is 1. The second-order valence-electron chi connectivity index (χ2n) is 6.15. The van der Waals surface area contributed by atoms with Gasteiger partial charge in [-0.3, -0.25) is 15.2 Å². The molecule has 3 aromatic carbocycles. The summed E-state index contributed by atoms with van der Waals surface area (Å²) < 4.78 is 1.54. The number of tetrazole rings is 1. The second-order valence-corrected chi connectivity index (χ2v) is 6.15. The van der Waals surface area contributed by atoms with E-state index in [4.69, 9.17) is 0 Å². The Balaban J connectivity index is 1.53. The van der Waals surface area contributed by atoms with Gasteiger partial charge in [0.1, 0.15) is 6.33 Å². The minimum atomic E-state index is -0.192. The van der Waals surface area contributed by atoms with Gasteiger partial charge in [-0.25, -0.2) is 4.68 Å². The molecule has 7 heteroatoms. The first kappa shape index (κ1) is 17.4. The summed E-state index contributed by atoms with van der Waals surface area (Å²) in [6, 6.07) is 26.9. The summed E-state index contributed by atoms with van der Waals surface area (Å²) in [6.45, 7) is 0.555. The quantitative estimate of drug-likeness (QED) is 0.528. The van der Waals surface area contributed by atoms with Crippen LogP contribution < -0.4 is 10.4 Å². The molecule has 4 rings (SSSR count). The first-order chi connectivity index (χ1) is 13.8. The third-order valence-corrected chi connectivity index (χ3v) is 4.23. The summed E-state index contributed by atoms with van der Waals surface area (Å²) >= 11 is 0. The van der Waals surface area contributed by atoms with E-state index in [1.165, 1.54) is 11.0 Å². The number of para-hydroxylation sites is 1. The molecular formula is C21H18N6O. The van der Waals surface area contributed by atoms with Crippen molar-refractivity contribution in [2.75, 3.05) is 5.01 Å². The molecule has 0 saturated carbocycles. The summed E-state index contributed by atoms with van der Waals surface area (Å²) in [4.78, 5) is 12.8. The Morgan fingerprint density at radius 2 is 1.57 bits per heavy atom. The van der Waals surface area contributed by atoms with E-state index in [0.717, 1.165) is 16.9 Å².